The predicted octanol–water partition coefficient (Wildman–Crippen LogP) is -7.69. The second-order valence-corrected chi connectivity index (χ2v) is 4.30. The largest absolute Gasteiger partial charge is 1.00 e. The van der Waals surface area contributed by atoms with Crippen molar-refractivity contribution in [2.45, 2.75) is 0 Å². The minimum absolute atomic E-state index is 0. The molecule has 0 aromatic heterocycles. The molecule has 0 aliphatic heterocycles. The van der Waals surface area contributed by atoms with Crippen LogP contribution < -0.4 is 113 Å². The molecule has 0 bridgehead atoms. The van der Waals surface area contributed by atoms with Crippen LogP contribution in [0.3, 0.4) is 0 Å². The molecule has 0 saturated heterocycles. The Balaban J connectivity index is -0.000000405. The van der Waals surface area contributed by atoms with Crippen molar-refractivity contribution < 1.29 is 131 Å². The van der Waals surface area contributed by atoms with E-state index in [1.54, 1.807) is 0 Å². The van der Waals surface area contributed by atoms with Gasteiger partial charge in [-0.15, -0.1) is 0 Å². The predicted molar refractivity (Wildman–Crippen MR) is 29.6 cm³/mol. The second kappa shape index (κ2) is 11.1. The molecule has 6 nitrogen and oxygen atoms in total. The number of rotatable bonds is 4. The van der Waals surface area contributed by atoms with E-state index in [2.05, 4.69) is 4.31 Å². The molecule has 0 aliphatic carbocycles. The Kier molecular flexibility index (Phi) is 19.3. The third kappa shape index (κ3) is 13.6. The van der Waals surface area contributed by atoms with Gasteiger partial charge in [0.2, 0.25) is 0 Å². The molecular weight excluding hydrogens is 260 g/mol. The Morgan fingerprint density at radius 2 is 1.92 bits per heavy atom. The third-order valence-electron chi connectivity index (χ3n) is 0.587. The third-order valence-corrected chi connectivity index (χ3v) is 3.04. The molecule has 62 valence electrons. The van der Waals surface area contributed by atoms with Crippen LogP contribution in [0, 0.1) is 0 Å². The Morgan fingerprint density at radius 1 is 1.50 bits per heavy atom. The van der Waals surface area contributed by atoms with Crippen molar-refractivity contribution in [2.75, 3.05) is 12.8 Å². The summed E-state index contributed by atoms with van der Waals surface area (Å²) in [7, 11) is -8.03. The zero-order chi connectivity index (χ0) is 8.20. The summed E-state index contributed by atoms with van der Waals surface area (Å²) >= 11 is 0. The van der Waals surface area contributed by atoms with E-state index in [4.69, 9.17) is 5.11 Å². The summed E-state index contributed by atoms with van der Waals surface area (Å²) in [6, 6.07) is 0. The molecule has 2 atom stereocenters. The van der Waals surface area contributed by atoms with Gasteiger partial charge in [-0.25, -0.2) is 0 Å². The van der Waals surface area contributed by atoms with Gasteiger partial charge in [0.1, 0.15) is 15.9 Å². The first-order chi connectivity index (χ1) is 4.48. The summed E-state index contributed by atoms with van der Waals surface area (Å²) in [4.78, 5) is 20.0. The number of hydrogen-bond acceptors (Lipinski definition) is 6. The van der Waals surface area contributed by atoms with E-state index in [1.807, 2.05) is 0 Å². The quantitative estimate of drug-likeness (QED) is 0.400. The molecule has 1 N–H and O–H groups in total. The van der Waals surface area contributed by atoms with Gasteiger partial charge >= 0.3 is 103 Å². The van der Waals surface area contributed by atoms with Crippen LogP contribution in [0.4, 0.5) is 0 Å². The fraction of sp³-hybridized carbons (Fsp3) is 1.00. The fourth-order valence-corrected chi connectivity index (χ4v) is 1.80. The summed E-state index contributed by atoms with van der Waals surface area (Å²) in [6.45, 7) is -0.643. The van der Waals surface area contributed by atoms with Crippen molar-refractivity contribution in [1.82, 2.24) is 0 Å². The maximum absolute atomic E-state index is 10.3. The molecule has 0 amide bonds. The summed E-state index contributed by atoms with van der Waals surface area (Å²) in [6.07, 6.45) is -0.675. The summed E-state index contributed by atoms with van der Waals surface area (Å²) < 4.78 is 23.5. The van der Waals surface area contributed by atoms with Crippen molar-refractivity contribution in [1.29, 1.82) is 0 Å². The van der Waals surface area contributed by atoms with Gasteiger partial charge in [0.25, 0.3) is 0 Å². The van der Waals surface area contributed by atoms with Gasteiger partial charge in [-0.3, -0.25) is 4.31 Å². The monoisotopic (exact) mass is 266 g/mol. The normalized spacial score (nSPS) is 16.6. The first-order valence-corrected chi connectivity index (χ1v) is 5.25. The van der Waals surface area contributed by atoms with E-state index in [0.29, 0.717) is 0 Å². The van der Waals surface area contributed by atoms with Crippen molar-refractivity contribution in [2.24, 2.45) is 0 Å². The number of aliphatic hydroxyl groups is 1. The number of aliphatic hydroxyl groups excluding tert-OH is 1. The van der Waals surface area contributed by atoms with Crippen LogP contribution in [-0.2, 0) is 13.4 Å². The molecule has 10 heteroatoms. The van der Waals surface area contributed by atoms with E-state index >= 15 is 0 Å². The van der Waals surface area contributed by atoms with Gasteiger partial charge in [-0.2, -0.15) is 0 Å². The topological polar surface area (TPSA) is 110 Å². The standard InChI is InChI=1S/C2H8O6P2.2K/c3-1-2-10(6,7)8-9(4)5;;/h3,9H,1-2H2,(H,4,5)(H,6,7);;/q;2*+1/p-2. The summed E-state index contributed by atoms with van der Waals surface area (Å²) in [5.74, 6) is 0. The van der Waals surface area contributed by atoms with Crippen LogP contribution in [0.5, 0.6) is 0 Å². The van der Waals surface area contributed by atoms with Gasteiger partial charge in [-0.05, 0) is 0 Å². The second-order valence-electron chi connectivity index (χ2n) is 1.40. The Hall–Kier alpha value is 3.57. The summed E-state index contributed by atoms with van der Waals surface area (Å²) in [5, 5.41) is 8.07. The van der Waals surface area contributed by atoms with Crippen LogP contribution >= 0.6 is 15.9 Å². The average molecular weight is 266 g/mol. The molecule has 0 aromatic carbocycles. The molecule has 0 aliphatic rings. The molecule has 12 heavy (non-hydrogen) atoms. The SMILES string of the molecule is O=[PH]([O-])OP(=O)([O-])CCO.[K+].[K+]. The van der Waals surface area contributed by atoms with Crippen molar-refractivity contribution in [3.05, 3.63) is 0 Å². The van der Waals surface area contributed by atoms with Crippen LogP contribution in [0.1, 0.15) is 0 Å². The van der Waals surface area contributed by atoms with Crippen molar-refractivity contribution in [3.8, 4) is 0 Å². The van der Waals surface area contributed by atoms with Crippen LogP contribution in [0.25, 0.3) is 0 Å². The van der Waals surface area contributed by atoms with Gasteiger partial charge < -0.3 is 24.0 Å². The molecule has 0 aromatic rings. The fourth-order valence-electron chi connectivity index (χ4n) is 0.282. The molecule has 0 saturated carbocycles. The maximum Gasteiger partial charge on any atom is 1.00 e. The molecule has 0 rings (SSSR count). The van der Waals surface area contributed by atoms with E-state index in [-0.39, 0.29) is 103 Å². The average Bonchev–Trinajstić information content (AvgIpc) is 1.59. The van der Waals surface area contributed by atoms with Crippen molar-refractivity contribution >= 4 is 15.9 Å². The molecule has 0 fully saturated rings. The van der Waals surface area contributed by atoms with Gasteiger partial charge in [0, 0.05) is 6.16 Å². The van der Waals surface area contributed by atoms with Gasteiger partial charge in [0.15, 0.2) is 0 Å². The molecule has 2 unspecified atom stereocenters. The van der Waals surface area contributed by atoms with E-state index in [0.717, 1.165) is 0 Å². The summed E-state index contributed by atoms with van der Waals surface area (Å²) in [5.41, 5.74) is 0. The minimum Gasteiger partial charge on any atom is -0.781 e. The molecule has 0 heterocycles. The smallest absolute Gasteiger partial charge is 0.781 e. The van der Waals surface area contributed by atoms with Crippen LogP contribution in [0.2, 0.25) is 0 Å². The molecular formula is C2H6K2O6P2. The zero-order valence-corrected chi connectivity index (χ0v) is 15.0. The Bertz CT molecular complexity index is 173. The number of hydrogen-bond donors (Lipinski definition) is 1. The Labute approximate surface area is 156 Å². The van der Waals surface area contributed by atoms with Gasteiger partial charge in [-0.1, -0.05) is 0 Å². The van der Waals surface area contributed by atoms with E-state index in [9.17, 15) is 18.9 Å². The first kappa shape index (κ1) is 20.9. The first-order valence-electron chi connectivity index (χ1n) is 2.29. The molecule has 0 spiro atoms. The molecule has 0 radical (unpaired) electrons. The minimum atomic E-state index is -4.33. The van der Waals surface area contributed by atoms with Crippen LogP contribution in [-0.4, -0.2) is 17.9 Å². The van der Waals surface area contributed by atoms with Gasteiger partial charge in [0.05, 0.1) is 6.61 Å². The maximum atomic E-state index is 10.3. The Morgan fingerprint density at radius 3 is 2.17 bits per heavy atom. The van der Waals surface area contributed by atoms with Crippen LogP contribution in [0.15, 0.2) is 0 Å². The van der Waals surface area contributed by atoms with E-state index < -0.39 is 28.6 Å². The zero-order valence-electron chi connectivity index (χ0n) is 6.85. The van der Waals surface area contributed by atoms with Crippen molar-refractivity contribution in [3.63, 3.8) is 0 Å². The van der Waals surface area contributed by atoms with E-state index in [1.165, 1.54) is 0 Å².